The third-order valence-electron chi connectivity index (χ3n) is 4.28. The van der Waals surface area contributed by atoms with Crippen molar-refractivity contribution in [3.63, 3.8) is 0 Å². The summed E-state index contributed by atoms with van der Waals surface area (Å²) in [5, 5.41) is 13.0. The van der Waals surface area contributed by atoms with Crippen LogP contribution in [0, 0.1) is 5.41 Å². The average molecular weight is 291 g/mol. The van der Waals surface area contributed by atoms with E-state index in [1.54, 1.807) is 13.8 Å². The number of nitrogens with one attached hydrogen (secondary N) is 1. The number of carbonyl (C=O) groups is 1. The van der Waals surface area contributed by atoms with E-state index in [0.29, 0.717) is 12.6 Å². The molecule has 3 atom stereocenters. The lowest BCUT2D eigenvalue weighted by atomic mass is 9.80. The van der Waals surface area contributed by atoms with E-state index in [4.69, 9.17) is 4.74 Å². The number of rotatable bonds is 6. The molecule has 1 aliphatic rings. The number of hydrogen-bond donors (Lipinski definition) is 2. The normalized spacial score (nSPS) is 24.0. The fourth-order valence-electron chi connectivity index (χ4n) is 2.84. The second kappa shape index (κ2) is 6.58. The maximum Gasteiger partial charge on any atom is 0.311 e. The molecule has 2 rings (SSSR count). The Bertz CT molecular complexity index is 472. The van der Waals surface area contributed by atoms with Crippen molar-refractivity contribution in [2.24, 2.45) is 5.41 Å². The lowest BCUT2D eigenvalue weighted by Gasteiger charge is -2.32. The fourth-order valence-corrected chi connectivity index (χ4v) is 2.84. The zero-order chi connectivity index (χ0) is 15.5. The molecule has 3 unspecified atom stereocenters. The molecule has 0 aliphatic carbocycles. The zero-order valence-electron chi connectivity index (χ0n) is 13.0. The van der Waals surface area contributed by atoms with Gasteiger partial charge in [0, 0.05) is 12.6 Å². The van der Waals surface area contributed by atoms with Crippen molar-refractivity contribution in [3.8, 4) is 0 Å². The number of carboxylic acid groups (broad SMARTS) is 1. The lowest BCUT2D eigenvalue weighted by molar-refractivity contribution is -0.148. The Morgan fingerprint density at radius 2 is 2.05 bits per heavy atom. The van der Waals surface area contributed by atoms with E-state index in [-0.39, 0.29) is 12.1 Å². The topological polar surface area (TPSA) is 58.6 Å². The predicted octanol–water partition coefficient (Wildman–Crippen LogP) is 3.00. The standard InChI is InChI=1S/C17H25NO3/c1-12-9-10-14(21-12)11-18-15(17(2,3)16(19)20)13-7-5-4-6-8-13/h4-8,12,14-15,18H,9-11H2,1-3H3,(H,19,20). The van der Waals surface area contributed by atoms with Gasteiger partial charge in [-0.2, -0.15) is 0 Å². The van der Waals surface area contributed by atoms with Gasteiger partial charge < -0.3 is 15.2 Å². The Kier molecular flexibility index (Phi) is 5.01. The average Bonchev–Trinajstić information content (AvgIpc) is 2.85. The summed E-state index contributed by atoms with van der Waals surface area (Å²) in [6, 6.07) is 9.53. The third-order valence-corrected chi connectivity index (χ3v) is 4.28. The third kappa shape index (κ3) is 3.83. The van der Waals surface area contributed by atoms with Crippen LogP contribution in [0.2, 0.25) is 0 Å². The molecule has 1 aliphatic heterocycles. The highest BCUT2D eigenvalue weighted by atomic mass is 16.5. The maximum atomic E-state index is 11.6. The number of ether oxygens (including phenoxy) is 1. The minimum atomic E-state index is -0.883. The molecule has 116 valence electrons. The van der Waals surface area contributed by atoms with Crippen LogP contribution in [0.4, 0.5) is 0 Å². The molecule has 0 bridgehead atoms. The van der Waals surface area contributed by atoms with Gasteiger partial charge in [-0.05, 0) is 39.2 Å². The lowest BCUT2D eigenvalue weighted by Crippen LogP contribution is -2.42. The first-order valence-corrected chi connectivity index (χ1v) is 7.58. The maximum absolute atomic E-state index is 11.6. The van der Waals surface area contributed by atoms with Gasteiger partial charge in [-0.3, -0.25) is 4.79 Å². The van der Waals surface area contributed by atoms with Gasteiger partial charge in [0.25, 0.3) is 0 Å². The Labute approximate surface area is 126 Å². The van der Waals surface area contributed by atoms with Crippen molar-refractivity contribution >= 4 is 5.97 Å². The highest BCUT2D eigenvalue weighted by molar-refractivity contribution is 5.75. The van der Waals surface area contributed by atoms with Gasteiger partial charge in [-0.1, -0.05) is 30.3 Å². The Morgan fingerprint density at radius 1 is 1.38 bits per heavy atom. The van der Waals surface area contributed by atoms with Crippen molar-refractivity contribution in [2.75, 3.05) is 6.54 Å². The number of carboxylic acids is 1. The highest BCUT2D eigenvalue weighted by Crippen LogP contribution is 2.34. The molecule has 0 saturated carbocycles. The van der Waals surface area contributed by atoms with Crippen molar-refractivity contribution in [3.05, 3.63) is 35.9 Å². The van der Waals surface area contributed by atoms with Gasteiger partial charge in [0.1, 0.15) is 0 Å². The van der Waals surface area contributed by atoms with Gasteiger partial charge >= 0.3 is 5.97 Å². The smallest absolute Gasteiger partial charge is 0.311 e. The number of aliphatic carboxylic acids is 1. The fraction of sp³-hybridized carbons (Fsp3) is 0.588. The van der Waals surface area contributed by atoms with Crippen LogP contribution in [0.15, 0.2) is 30.3 Å². The molecule has 1 heterocycles. The van der Waals surface area contributed by atoms with Crippen molar-refractivity contribution in [1.82, 2.24) is 5.32 Å². The monoisotopic (exact) mass is 291 g/mol. The molecule has 1 aromatic carbocycles. The summed E-state index contributed by atoms with van der Waals surface area (Å²) < 4.78 is 5.81. The quantitative estimate of drug-likeness (QED) is 0.846. The Hall–Kier alpha value is -1.39. The zero-order valence-corrected chi connectivity index (χ0v) is 13.0. The first-order chi connectivity index (χ1) is 9.91. The summed E-state index contributed by atoms with van der Waals surface area (Å²) >= 11 is 0. The first-order valence-electron chi connectivity index (χ1n) is 7.58. The molecule has 1 aromatic rings. The van der Waals surface area contributed by atoms with Gasteiger partial charge in [0.2, 0.25) is 0 Å². The summed E-state index contributed by atoms with van der Waals surface area (Å²) in [6.45, 7) is 6.28. The SMILES string of the molecule is CC1CCC(CNC(c2ccccc2)C(C)(C)C(=O)O)O1. The summed E-state index contributed by atoms with van der Waals surface area (Å²) in [7, 11) is 0. The van der Waals surface area contributed by atoms with Gasteiger partial charge in [-0.15, -0.1) is 0 Å². The summed E-state index contributed by atoms with van der Waals surface area (Å²) in [4.78, 5) is 11.6. The van der Waals surface area contributed by atoms with Crippen LogP contribution in [-0.4, -0.2) is 29.8 Å². The highest BCUT2D eigenvalue weighted by Gasteiger charge is 2.38. The molecule has 4 nitrogen and oxygen atoms in total. The van der Waals surface area contributed by atoms with Crippen LogP contribution in [-0.2, 0) is 9.53 Å². The van der Waals surface area contributed by atoms with Crippen LogP contribution in [0.3, 0.4) is 0 Å². The molecular formula is C17H25NO3. The Balaban J connectivity index is 2.11. The molecule has 0 spiro atoms. The number of hydrogen-bond acceptors (Lipinski definition) is 3. The predicted molar refractivity (Wildman–Crippen MR) is 82.2 cm³/mol. The molecule has 1 fully saturated rings. The summed E-state index contributed by atoms with van der Waals surface area (Å²) in [5.41, 5.74) is 0.113. The molecule has 21 heavy (non-hydrogen) atoms. The van der Waals surface area contributed by atoms with Crippen LogP contribution < -0.4 is 5.32 Å². The molecule has 0 aromatic heterocycles. The van der Waals surface area contributed by atoms with E-state index in [1.807, 2.05) is 30.3 Å². The van der Waals surface area contributed by atoms with E-state index < -0.39 is 11.4 Å². The second-order valence-corrected chi connectivity index (χ2v) is 6.42. The van der Waals surface area contributed by atoms with E-state index in [9.17, 15) is 9.90 Å². The minimum absolute atomic E-state index is 0.177. The summed E-state index contributed by atoms with van der Waals surface area (Å²) in [5.74, 6) is -0.801. The van der Waals surface area contributed by atoms with Crippen LogP contribution in [0.1, 0.15) is 45.2 Å². The molecule has 0 radical (unpaired) electrons. The van der Waals surface area contributed by atoms with Crippen molar-refractivity contribution in [1.29, 1.82) is 0 Å². The molecule has 0 amide bonds. The van der Waals surface area contributed by atoms with Gasteiger partial charge in [-0.25, -0.2) is 0 Å². The number of benzene rings is 1. The largest absolute Gasteiger partial charge is 0.481 e. The van der Waals surface area contributed by atoms with E-state index >= 15 is 0 Å². The summed E-state index contributed by atoms with van der Waals surface area (Å²) in [6.07, 6.45) is 2.59. The van der Waals surface area contributed by atoms with E-state index in [1.165, 1.54) is 0 Å². The van der Waals surface area contributed by atoms with E-state index in [0.717, 1.165) is 18.4 Å². The van der Waals surface area contributed by atoms with Crippen molar-refractivity contribution in [2.45, 2.75) is 51.9 Å². The molecule has 2 N–H and O–H groups in total. The first kappa shape index (κ1) is 16.0. The van der Waals surface area contributed by atoms with E-state index in [2.05, 4.69) is 12.2 Å². The molecule has 1 saturated heterocycles. The van der Waals surface area contributed by atoms with Gasteiger partial charge in [0.05, 0.1) is 17.6 Å². The van der Waals surface area contributed by atoms with Crippen LogP contribution in [0.5, 0.6) is 0 Å². The molecular weight excluding hydrogens is 266 g/mol. The van der Waals surface area contributed by atoms with Gasteiger partial charge in [0.15, 0.2) is 0 Å². The minimum Gasteiger partial charge on any atom is -0.481 e. The van der Waals surface area contributed by atoms with Crippen molar-refractivity contribution < 1.29 is 14.6 Å². The van der Waals surface area contributed by atoms with Crippen LogP contribution in [0.25, 0.3) is 0 Å². The van der Waals surface area contributed by atoms with Crippen LogP contribution >= 0.6 is 0 Å². The Morgan fingerprint density at radius 3 is 2.57 bits per heavy atom. The second-order valence-electron chi connectivity index (χ2n) is 6.42. The molecule has 4 heteroatoms.